The Morgan fingerprint density at radius 2 is 1.75 bits per heavy atom. The largest absolute Gasteiger partial charge is 0.467 e. The maximum absolute atomic E-state index is 14.4. The van der Waals surface area contributed by atoms with Crippen molar-refractivity contribution in [1.29, 1.82) is 0 Å². The average Bonchev–Trinajstić information content (AvgIpc) is 3.64. The Morgan fingerprint density at radius 1 is 1.06 bits per heavy atom. The average molecular weight is 679 g/mol. The van der Waals surface area contributed by atoms with Crippen LogP contribution in [0.2, 0.25) is 0 Å². The van der Waals surface area contributed by atoms with E-state index < -0.39 is 83.0 Å². The molecule has 3 N–H and O–H groups in total. The SMILES string of the molecule is COC(=O)C(NC(=O)C1(Cc2cccc(F)c2)CCCN1C(=O)[C@@H]1CCCN1C(=O)C(NC(=O)OC(C)(C)C)C(C)O)C(C)OC(C)=O. The van der Waals surface area contributed by atoms with Crippen LogP contribution in [0.25, 0.3) is 0 Å². The lowest BCUT2D eigenvalue weighted by Crippen LogP contribution is -2.65. The highest BCUT2D eigenvalue weighted by Crippen LogP contribution is 2.36. The lowest BCUT2D eigenvalue weighted by molar-refractivity contribution is -0.159. The van der Waals surface area contributed by atoms with Gasteiger partial charge in [-0.3, -0.25) is 19.2 Å². The molecule has 0 radical (unpaired) electrons. The zero-order valence-corrected chi connectivity index (χ0v) is 28.5. The maximum atomic E-state index is 14.4. The van der Waals surface area contributed by atoms with Gasteiger partial charge >= 0.3 is 18.0 Å². The number of rotatable bonds is 11. The fraction of sp³-hybridized carbons (Fsp3) is 0.636. The van der Waals surface area contributed by atoms with E-state index in [-0.39, 0.29) is 32.4 Å². The standard InChI is InChI=1S/C33H47FN4O10/c1-19(39)25(36-31(45)48-32(4,5)6)28(42)37-15-9-13-24(37)27(41)38-16-10-14-33(38,18-22-11-8-12-23(34)17-22)30(44)35-26(29(43)46-7)20(2)47-21(3)40/h8,11-12,17,19-20,24-26,39H,9-10,13-16,18H2,1-7H3,(H,35,44)(H,36,45)/t19?,20?,24-,25?,26?,33?/m0/s1. The van der Waals surface area contributed by atoms with Crippen LogP contribution in [0.3, 0.4) is 0 Å². The number of carbonyl (C=O) groups is 6. The van der Waals surface area contributed by atoms with Gasteiger partial charge in [-0.05, 0) is 78.0 Å². The van der Waals surface area contributed by atoms with Crippen molar-refractivity contribution in [2.45, 2.75) is 115 Å². The molecule has 2 fully saturated rings. The van der Waals surface area contributed by atoms with Crippen LogP contribution in [-0.4, -0.2) is 112 Å². The quantitative estimate of drug-likeness (QED) is 0.230. The van der Waals surface area contributed by atoms with Crippen LogP contribution in [0.5, 0.6) is 0 Å². The lowest BCUT2D eigenvalue weighted by Gasteiger charge is -2.41. The number of aliphatic hydroxyl groups is 1. The second-order valence-electron chi connectivity index (χ2n) is 13.3. The highest BCUT2D eigenvalue weighted by atomic mass is 19.1. The summed E-state index contributed by atoms with van der Waals surface area (Å²) in [5.41, 5.74) is -2.10. The summed E-state index contributed by atoms with van der Waals surface area (Å²) in [5, 5.41) is 15.5. The number of alkyl carbamates (subject to hydrolysis) is 1. The monoisotopic (exact) mass is 678 g/mol. The first-order chi connectivity index (χ1) is 22.4. The Bertz CT molecular complexity index is 1380. The zero-order valence-electron chi connectivity index (χ0n) is 28.5. The molecule has 0 spiro atoms. The predicted octanol–water partition coefficient (Wildman–Crippen LogP) is 1.60. The molecule has 5 unspecified atom stereocenters. The van der Waals surface area contributed by atoms with Crippen molar-refractivity contribution in [1.82, 2.24) is 20.4 Å². The molecule has 0 aromatic heterocycles. The van der Waals surface area contributed by atoms with Crippen LogP contribution in [0.4, 0.5) is 9.18 Å². The molecule has 48 heavy (non-hydrogen) atoms. The minimum atomic E-state index is -1.64. The first kappa shape index (κ1) is 38.2. The smallest absolute Gasteiger partial charge is 0.408 e. The van der Waals surface area contributed by atoms with Gasteiger partial charge in [-0.1, -0.05) is 12.1 Å². The molecular formula is C33H47FN4O10. The zero-order chi connectivity index (χ0) is 36.0. The van der Waals surface area contributed by atoms with Gasteiger partial charge in [0.25, 0.3) is 0 Å². The first-order valence-corrected chi connectivity index (χ1v) is 16.0. The van der Waals surface area contributed by atoms with E-state index in [2.05, 4.69) is 10.6 Å². The number of carbonyl (C=O) groups excluding carboxylic acids is 6. The summed E-state index contributed by atoms with van der Waals surface area (Å²) in [6, 6.07) is 1.68. The number of nitrogens with zero attached hydrogens (tertiary/aromatic N) is 2. The third-order valence-corrected chi connectivity index (χ3v) is 8.37. The van der Waals surface area contributed by atoms with Gasteiger partial charge in [0.1, 0.15) is 35.1 Å². The predicted molar refractivity (Wildman–Crippen MR) is 169 cm³/mol. The highest BCUT2D eigenvalue weighted by Gasteiger charge is 2.53. The van der Waals surface area contributed by atoms with Gasteiger partial charge in [0.15, 0.2) is 6.04 Å². The van der Waals surface area contributed by atoms with E-state index in [1.807, 2.05) is 0 Å². The summed E-state index contributed by atoms with van der Waals surface area (Å²) in [7, 11) is 1.11. The minimum absolute atomic E-state index is 0.110. The molecule has 1 aromatic carbocycles. The number of likely N-dealkylation sites (tertiary alicyclic amines) is 2. The summed E-state index contributed by atoms with van der Waals surface area (Å²) in [5.74, 6) is -4.15. The number of nitrogens with one attached hydrogen (secondary N) is 2. The number of hydrogen-bond donors (Lipinski definition) is 3. The summed E-state index contributed by atoms with van der Waals surface area (Å²) >= 11 is 0. The Morgan fingerprint density at radius 3 is 2.33 bits per heavy atom. The number of amides is 4. The molecule has 3 rings (SSSR count). The lowest BCUT2D eigenvalue weighted by atomic mass is 9.86. The molecule has 0 aliphatic carbocycles. The normalized spacial score (nSPS) is 21.8. The fourth-order valence-corrected chi connectivity index (χ4v) is 6.25. The van der Waals surface area contributed by atoms with Crippen molar-refractivity contribution in [2.75, 3.05) is 20.2 Å². The second kappa shape index (κ2) is 15.8. The first-order valence-electron chi connectivity index (χ1n) is 16.0. The molecule has 4 amide bonds. The van der Waals surface area contributed by atoms with Gasteiger partial charge in [0.2, 0.25) is 17.7 Å². The number of benzene rings is 1. The Kier molecular flexibility index (Phi) is 12.5. The molecule has 0 saturated carbocycles. The molecular weight excluding hydrogens is 631 g/mol. The molecule has 2 heterocycles. The molecule has 2 aliphatic rings. The van der Waals surface area contributed by atoms with Crippen LogP contribution in [0.1, 0.15) is 72.8 Å². The number of hydrogen-bond acceptors (Lipinski definition) is 10. The van der Waals surface area contributed by atoms with Crippen LogP contribution in [0.15, 0.2) is 24.3 Å². The van der Waals surface area contributed by atoms with Gasteiger partial charge in [-0.15, -0.1) is 0 Å². The van der Waals surface area contributed by atoms with Crippen molar-refractivity contribution in [2.24, 2.45) is 0 Å². The topological polar surface area (TPSA) is 181 Å². The third-order valence-electron chi connectivity index (χ3n) is 8.37. The minimum Gasteiger partial charge on any atom is -0.467 e. The molecule has 15 heteroatoms. The van der Waals surface area contributed by atoms with Crippen molar-refractivity contribution in [3.8, 4) is 0 Å². The molecule has 1 aromatic rings. The van der Waals surface area contributed by atoms with Crippen molar-refractivity contribution in [3.63, 3.8) is 0 Å². The molecule has 2 aliphatic heterocycles. The third kappa shape index (κ3) is 9.20. The summed E-state index contributed by atoms with van der Waals surface area (Å²) in [4.78, 5) is 82.1. The summed E-state index contributed by atoms with van der Waals surface area (Å²) in [6.45, 7) is 9.08. The molecule has 0 bridgehead atoms. The van der Waals surface area contributed by atoms with E-state index in [1.54, 1.807) is 26.8 Å². The maximum Gasteiger partial charge on any atom is 0.408 e. The van der Waals surface area contributed by atoms with Crippen LogP contribution < -0.4 is 10.6 Å². The number of aliphatic hydroxyl groups excluding tert-OH is 1. The van der Waals surface area contributed by atoms with Gasteiger partial charge in [-0.2, -0.15) is 0 Å². The van der Waals surface area contributed by atoms with Crippen LogP contribution in [-0.2, 0) is 44.6 Å². The number of halogens is 1. The van der Waals surface area contributed by atoms with E-state index in [1.165, 1.54) is 41.8 Å². The summed E-state index contributed by atoms with van der Waals surface area (Å²) in [6.07, 6.45) is -2.34. The van der Waals surface area contributed by atoms with Crippen molar-refractivity contribution < 1.29 is 52.5 Å². The Hall–Kier alpha value is -4.27. The van der Waals surface area contributed by atoms with Gasteiger partial charge < -0.3 is 39.8 Å². The van der Waals surface area contributed by atoms with Crippen molar-refractivity contribution >= 4 is 35.8 Å². The number of methoxy groups -OCH3 is 1. The second-order valence-corrected chi connectivity index (χ2v) is 13.3. The van der Waals surface area contributed by atoms with E-state index in [4.69, 9.17) is 14.2 Å². The van der Waals surface area contributed by atoms with Gasteiger partial charge in [-0.25, -0.2) is 14.0 Å². The Labute approximate surface area is 279 Å². The van der Waals surface area contributed by atoms with Crippen LogP contribution in [0, 0.1) is 5.82 Å². The number of esters is 2. The van der Waals surface area contributed by atoms with E-state index in [9.17, 15) is 38.3 Å². The van der Waals surface area contributed by atoms with E-state index >= 15 is 0 Å². The van der Waals surface area contributed by atoms with Gasteiger partial charge in [0.05, 0.1) is 13.2 Å². The van der Waals surface area contributed by atoms with E-state index in [0.717, 1.165) is 14.0 Å². The molecule has 2 saturated heterocycles. The fourth-order valence-electron chi connectivity index (χ4n) is 6.25. The Balaban J connectivity index is 1.98. The van der Waals surface area contributed by atoms with Crippen molar-refractivity contribution in [3.05, 3.63) is 35.6 Å². The van der Waals surface area contributed by atoms with Crippen LogP contribution >= 0.6 is 0 Å². The number of ether oxygens (including phenoxy) is 3. The van der Waals surface area contributed by atoms with E-state index in [0.29, 0.717) is 18.4 Å². The molecule has 14 nitrogen and oxygen atoms in total. The molecule has 6 atom stereocenters. The molecule has 266 valence electrons. The highest BCUT2D eigenvalue weighted by molar-refractivity contribution is 5.98. The summed E-state index contributed by atoms with van der Waals surface area (Å²) < 4.78 is 29.6. The van der Waals surface area contributed by atoms with Gasteiger partial charge in [0, 0.05) is 26.4 Å².